The van der Waals surface area contributed by atoms with Crippen LogP contribution in [0.4, 0.5) is 5.69 Å². The van der Waals surface area contributed by atoms with Crippen molar-refractivity contribution in [1.29, 1.82) is 0 Å². The zero-order valence-electron chi connectivity index (χ0n) is 20.7. The zero-order valence-corrected chi connectivity index (χ0v) is 22.3. The molecule has 0 saturated carbocycles. The van der Waals surface area contributed by atoms with E-state index in [0.29, 0.717) is 19.5 Å². The summed E-state index contributed by atoms with van der Waals surface area (Å²) in [7, 11) is 0. The normalized spacial score (nSPS) is 16.9. The van der Waals surface area contributed by atoms with E-state index >= 15 is 0 Å². The van der Waals surface area contributed by atoms with Crippen LogP contribution in [0.5, 0.6) is 0 Å². The first kappa shape index (κ1) is 27.8. The lowest BCUT2D eigenvalue weighted by Crippen LogP contribution is -2.58. The summed E-state index contributed by atoms with van der Waals surface area (Å²) in [6.07, 6.45) is 4.14. The molecule has 5 N–H and O–H groups in total. The molecule has 0 unspecified atom stereocenters. The van der Waals surface area contributed by atoms with Crippen molar-refractivity contribution in [2.45, 2.75) is 50.1 Å². The molecular weight excluding hydrogens is 497 g/mol. The number of likely N-dealkylation sites (tertiary alicyclic amines) is 1. The number of benzene rings is 2. The number of anilines is 1. The summed E-state index contributed by atoms with van der Waals surface area (Å²) in [5.74, 6) is -0.370. The summed E-state index contributed by atoms with van der Waals surface area (Å²) in [4.78, 5) is 31.7. The minimum Gasteiger partial charge on any atom is -0.384 e. The van der Waals surface area contributed by atoms with Gasteiger partial charge in [0, 0.05) is 54.3 Å². The SMILES string of the molecule is CC(C)(N)C(=O)N[C@H](Cc1c[nH]c2ccccc12)C(=O)N1CCC2(CC1)CNc1ccccc12.Cl.Cl. The highest BCUT2D eigenvalue weighted by molar-refractivity contribution is 5.92. The molecule has 194 valence electrons. The minimum absolute atomic E-state index is 0. The molecule has 2 aromatic carbocycles. The first-order chi connectivity index (χ1) is 16.3. The first-order valence-electron chi connectivity index (χ1n) is 12.0. The van der Waals surface area contributed by atoms with E-state index in [-0.39, 0.29) is 42.0 Å². The van der Waals surface area contributed by atoms with E-state index in [9.17, 15) is 9.59 Å². The number of hydrogen-bond donors (Lipinski definition) is 4. The Kier molecular flexibility index (Phi) is 8.28. The van der Waals surface area contributed by atoms with Gasteiger partial charge in [0.2, 0.25) is 11.8 Å². The van der Waals surface area contributed by atoms with Crippen molar-refractivity contribution in [2.75, 3.05) is 25.0 Å². The Morgan fingerprint density at radius 2 is 1.75 bits per heavy atom. The summed E-state index contributed by atoms with van der Waals surface area (Å²) in [6, 6.07) is 15.8. The minimum atomic E-state index is -1.07. The molecule has 1 aromatic heterocycles. The predicted octanol–water partition coefficient (Wildman–Crippen LogP) is 3.76. The fourth-order valence-electron chi connectivity index (χ4n) is 5.35. The first-order valence-corrected chi connectivity index (χ1v) is 12.0. The summed E-state index contributed by atoms with van der Waals surface area (Å²) in [5, 5.41) is 7.55. The lowest BCUT2D eigenvalue weighted by molar-refractivity contribution is -0.138. The fraction of sp³-hybridized carbons (Fsp3) is 0.407. The average molecular weight is 533 g/mol. The average Bonchev–Trinajstić information content (AvgIpc) is 3.40. The van der Waals surface area contributed by atoms with Crippen LogP contribution >= 0.6 is 24.8 Å². The number of aromatic nitrogens is 1. The van der Waals surface area contributed by atoms with E-state index < -0.39 is 11.6 Å². The van der Waals surface area contributed by atoms with Crippen LogP contribution in [0.15, 0.2) is 54.7 Å². The molecule has 0 radical (unpaired) electrons. The standard InChI is InChI=1S/C27H33N5O2.2ClH/c1-26(2,28)25(34)31-23(15-18-16-29-21-9-5-3-7-19(18)21)24(33)32-13-11-27(12-14-32)17-30-22-10-6-4-8-20(22)27;;/h3-10,16,23,29-30H,11-15,17,28H2,1-2H3,(H,31,34);2*1H/t23-;;/m1../s1. The Hall–Kier alpha value is -2.74. The molecule has 0 aliphatic carbocycles. The third-order valence-corrected chi connectivity index (χ3v) is 7.44. The van der Waals surface area contributed by atoms with Crippen LogP contribution in [0.2, 0.25) is 0 Å². The third kappa shape index (κ3) is 5.19. The number of nitrogens with zero attached hydrogens (tertiary/aromatic N) is 1. The molecular formula is C27H35Cl2N5O2. The number of nitrogens with one attached hydrogen (secondary N) is 3. The van der Waals surface area contributed by atoms with Gasteiger partial charge in [-0.15, -0.1) is 24.8 Å². The van der Waals surface area contributed by atoms with Crippen molar-refractivity contribution in [1.82, 2.24) is 15.2 Å². The number of nitrogens with two attached hydrogens (primary N) is 1. The second kappa shape index (κ2) is 10.7. The second-order valence-electron chi connectivity index (χ2n) is 10.3. The highest BCUT2D eigenvalue weighted by Gasteiger charge is 2.43. The summed E-state index contributed by atoms with van der Waals surface area (Å²) < 4.78 is 0. The lowest BCUT2D eigenvalue weighted by Gasteiger charge is -2.40. The number of amides is 2. The molecule has 1 atom stereocenters. The van der Waals surface area contributed by atoms with Gasteiger partial charge >= 0.3 is 0 Å². The molecule has 1 fully saturated rings. The molecule has 1 spiro atoms. The molecule has 3 aromatic rings. The fourth-order valence-corrected chi connectivity index (χ4v) is 5.35. The Morgan fingerprint density at radius 3 is 2.47 bits per heavy atom. The molecule has 2 aliphatic rings. The topological polar surface area (TPSA) is 103 Å². The number of piperidine rings is 1. The molecule has 2 aliphatic heterocycles. The van der Waals surface area contributed by atoms with Gasteiger partial charge in [-0.05, 0) is 49.9 Å². The molecule has 7 nitrogen and oxygen atoms in total. The van der Waals surface area contributed by atoms with Gasteiger partial charge < -0.3 is 26.3 Å². The Balaban J connectivity index is 0.00000180. The van der Waals surface area contributed by atoms with Crippen LogP contribution in [0.25, 0.3) is 10.9 Å². The van der Waals surface area contributed by atoms with Gasteiger partial charge in [-0.25, -0.2) is 0 Å². The molecule has 0 bridgehead atoms. The largest absolute Gasteiger partial charge is 0.384 e. The number of fused-ring (bicyclic) bond motifs is 3. The van der Waals surface area contributed by atoms with Gasteiger partial charge in [0.05, 0.1) is 5.54 Å². The second-order valence-corrected chi connectivity index (χ2v) is 10.3. The van der Waals surface area contributed by atoms with Gasteiger partial charge in [-0.1, -0.05) is 36.4 Å². The van der Waals surface area contributed by atoms with Crippen molar-refractivity contribution < 1.29 is 9.59 Å². The molecule has 36 heavy (non-hydrogen) atoms. The van der Waals surface area contributed by atoms with Crippen LogP contribution < -0.4 is 16.4 Å². The van der Waals surface area contributed by atoms with Crippen LogP contribution in [0.3, 0.4) is 0 Å². The number of carbonyl (C=O) groups excluding carboxylic acids is 2. The smallest absolute Gasteiger partial charge is 0.245 e. The number of para-hydroxylation sites is 2. The van der Waals surface area contributed by atoms with Gasteiger partial charge in [-0.3, -0.25) is 9.59 Å². The third-order valence-electron chi connectivity index (χ3n) is 7.44. The maximum Gasteiger partial charge on any atom is 0.245 e. The highest BCUT2D eigenvalue weighted by atomic mass is 35.5. The predicted molar refractivity (Wildman–Crippen MR) is 149 cm³/mol. The lowest BCUT2D eigenvalue weighted by atomic mass is 9.74. The Bertz CT molecular complexity index is 1230. The monoisotopic (exact) mass is 531 g/mol. The molecule has 5 rings (SSSR count). The van der Waals surface area contributed by atoms with Gasteiger partial charge in [-0.2, -0.15) is 0 Å². The number of rotatable bonds is 5. The van der Waals surface area contributed by atoms with Crippen LogP contribution in [0, 0.1) is 0 Å². The van der Waals surface area contributed by atoms with E-state index in [4.69, 9.17) is 5.73 Å². The summed E-state index contributed by atoms with van der Waals surface area (Å²) >= 11 is 0. The molecule has 3 heterocycles. The highest BCUT2D eigenvalue weighted by Crippen LogP contribution is 2.43. The van der Waals surface area contributed by atoms with E-state index in [0.717, 1.165) is 35.9 Å². The van der Waals surface area contributed by atoms with Gasteiger partial charge in [0.15, 0.2) is 0 Å². The Morgan fingerprint density at radius 1 is 1.08 bits per heavy atom. The number of H-pyrrole nitrogens is 1. The van der Waals surface area contributed by atoms with E-state index in [1.54, 1.807) is 13.8 Å². The van der Waals surface area contributed by atoms with Crippen molar-refractivity contribution >= 4 is 53.2 Å². The van der Waals surface area contributed by atoms with E-state index in [1.807, 2.05) is 35.4 Å². The number of hydrogen-bond acceptors (Lipinski definition) is 4. The van der Waals surface area contributed by atoms with Crippen molar-refractivity contribution in [3.05, 3.63) is 65.9 Å². The van der Waals surface area contributed by atoms with Gasteiger partial charge in [0.1, 0.15) is 6.04 Å². The van der Waals surface area contributed by atoms with Crippen molar-refractivity contribution in [3.8, 4) is 0 Å². The number of halogens is 2. The molecule has 9 heteroatoms. The van der Waals surface area contributed by atoms with Gasteiger partial charge in [0.25, 0.3) is 0 Å². The van der Waals surface area contributed by atoms with Crippen LogP contribution in [-0.4, -0.2) is 52.9 Å². The van der Waals surface area contributed by atoms with Crippen molar-refractivity contribution in [2.24, 2.45) is 5.73 Å². The summed E-state index contributed by atoms with van der Waals surface area (Å²) in [6.45, 7) is 5.56. The van der Waals surface area contributed by atoms with Crippen LogP contribution in [-0.2, 0) is 21.4 Å². The number of carbonyl (C=O) groups is 2. The van der Waals surface area contributed by atoms with Crippen LogP contribution in [0.1, 0.15) is 37.8 Å². The number of aromatic amines is 1. The summed E-state index contributed by atoms with van der Waals surface area (Å²) in [5.41, 5.74) is 9.63. The maximum absolute atomic E-state index is 13.7. The maximum atomic E-state index is 13.7. The van der Waals surface area contributed by atoms with E-state index in [1.165, 1.54) is 11.3 Å². The van der Waals surface area contributed by atoms with Crippen molar-refractivity contribution in [3.63, 3.8) is 0 Å². The van der Waals surface area contributed by atoms with E-state index in [2.05, 4.69) is 39.9 Å². The molecule has 2 amide bonds. The molecule has 1 saturated heterocycles. The quantitative estimate of drug-likeness (QED) is 0.402. The Labute approximate surface area is 224 Å². The zero-order chi connectivity index (χ0) is 23.9.